The first kappa shape index (κ1) is 24.5. The highest BCUT2D eigenvalue weighted by Crippen LogP contribution is 2.44. The van der Waals surface area contributed by atoms with Gasteiger partial charge >= 0.3 is 5.69 Å². The monoisotopic (exact) mass is 537 g/mol. The van der Waals surface area contributed by atoms with Crippen molar-refractivity contribution in [1.29, 1.82) is 0 Å². The third-order valence-electron chi connectivity index (χ3n) is 5.75. The van der Waals surface area contributed by atoms with E-state index in [1.807, 2.05) is 16.8 Å². The Morgan fingerprint density at radius 2 is 1.76 bits per heavy atom. The standard InChI is InChI=1S/C26H20FN3O5S2/c1-35-25-20(18-8-10-36-14-18)13-21(30-9-7-22(31)28-26(30)32)24(27)23(25)17-4-3-16-12-19(29-37(2,33)34)6-5-15(16)11-17/h3-14,29H,1-2H3,(H,28,31,32). The molecule has 2 aromatic heterocycles. The molecule has 3 aromatic carbocycles. The van der Waals surface area contributed by atoms with Gasteiger partial charge in [-0.05, 0) is 63.0 Å². The summed E-state index contributed by atoms with van der Waals surface area (Å²) in [6, 6.07) is 14.8. The lowest BCUT2D eigenvalue weighted by Gasteiger charge is -2.19. The molecule has 11 heteroatoms. The molecule has 8 nitrogen and oxygen atoms in total. The Kier molecular flexibility index (Phi) is 6.18. The van der Waals surface area contributed by atoms with Crippen molar-refractivity contribution in [3.63, 3.8) is 0 Å². The minimum atomic E-state index is -3.44. The van der Waals surface area contributed by atoms with Crippen LogP contribution < -0.4 is 20.7 Å². The molecule has 0 atom stereocenters. The maximum atomic E-state index is 16.2. The van der Waals surface area contributed by atoms with Crippen LogP contribution in [0, 0.1) is 5.82 Å². The Labute approximate surface area is 214 Å². The Balaban J connectivity index is 1.77. The molecule has 0 unspecified atom stereocenters. The second-order valence-corrected chi connectivity index (χ2v) is 10.8. The van der Waals surface area contributed by atoms with Crippen LogP contribution in [0.15, 0.2) is 81.1 Å². The molecule has 0 aliphatic rings. The van der Waals surface area contributed by atoms with Gasteiger partial charge in [0.15, 0.2) is 5.82 Å². The molecule has 2 N–H and O–H groups in total. The lowest BCUT2D eigenvalue weighted by atomic mass is 9.95. The normalized spacial score (nSPS) is 11.5. The first-order valence-corrected chi connectivity index (χ1v) is 13.8. The van der Waals surface area contributed by atoms with E-state index in [-0.39, 0.29) is 17.0 Å². The molecule has 37 heavy (non-hydrogen) atoms. The van der Waals surface area contributed by atoms with Crippen LogP contribution in [0.1, 0.15) is 0 Å². The van der Waals surface area contributed by atoms with Crippen LogP contribution in [0.3, 0.4) is 0 Å². The van der Waals surface area contributed by atoms with Crippen LogP contribution in [0.2, 0.25) is 0 Å². The van der Waals surface area contributed by atoms with Crippen molar-refractivity contribution in [2.75, 3.05) is 18.1 Å². The molecule has 0 bridgehead atoms. The van der Waals surface area contributed by atoms with Gasteiger partial charge in [0, 0.05) is 23.5 Å². The van der Waals surface area contributed by atoms with Gasteiger partial charge in [-0.3, -0.25) is 19.1 Å². The van der Waals surface area contributed by atoms with Crippen molar-refractivity contribution in [1.82, 2.24) is 9.55 Å². The zero-order valence-electron chi connectivity index (χ0n) is 19.6. The van der Waals surface area contributed by atoms with Crippen molar-refractivity contribution in [2.24, 2.45) is 0 Å². The molecule has 0 aliphatic heterocycles. The lowest BCUT2D eigenvalue weighted by molar-refractivity contribution is 0.415. The molecule has 5 rings (SSSR count). The highest BCUT2D eigenvalue weighted by atomic mass is 32.2. The van der Waals surface area contributed by atoms with Crippen LogP contribution in [0.4, 0.5) is 10.1 Å². The number of H-pyrrole nitrogens is 1. The highest BCUT2D eigenvalue weighted by molar-refractivity contribution is 7.92. The van der Waals surface area contributed by atoms with Crippen molar-refractivity contribution >= 4 is 37.8 Å². The third kappa shape index (κ3) is 4.78. The van der Waals surface area contributed by atoms with E-state index in [0.29, 0.717) is 16.8 Å². The van der Waals surface area contributed by atoms with Gasteiger partial charge in [-0.15, -0.1) is 0 Å². The molecule has 0 amide bonds. The SMILES string of the molecule is COc1c(-c2ccsc2)cc(-n2ccc(=O)[nH]c2=O)c(F)c1-c1ccc2cc(NS(C)(=O)=O)ccc2c1. The number of halogens is 1. The predicted octanol–water partition coefficient (Wildman–Crippen LogP) is 4.59. The summed E-state index contributed by atoms with van der Waals surface area (Å²) in [7, 11) is -1.99. The summed E-state index contributed by atoms with van der Waals surface area (Å²) in [5.74, 6) is -0.425. The maximum Gasteiger partial charge on any atom is 0.333 e. The first-order valence-electron chi connectivity index (χ1n) is 10.9. The van der Waals surface area contributed by atoms with E-state index >= 15 is 4.39 Å². The fourth-order valence-electron chi connectivity index (χ4n) is 4.19. The number of nitrogens with one attached hydrogen (secondary N) is 2. The Hall–Kier alpha value is -4.22. The largest absolute Gasteiger partial charge is 0.495 e. The van der Waals surface area contributed by atoms with Crippen LogP contribution in [-0.4, -0.2) is 31.3 Å². The Morgan fingerprint density at radius 1 is 1.00 bits per heavy atom. The fraction of sp³-hybridized carbons (Fsp3) is 0.0769. The number of methoxy groups -OCH3 is 1. The molecule has 0 aliphatic carbocycles. The van der Waals surface area contributed by atoms with Crippen molar-refractivity contribution in [3.05, 3.63) is 98.2 Å². The summed E-state index contributed by atoms with van der Waals surface area (Å²) in [4.78, 5) is 26.3. The number of aromatic nitrogens is 2. The van der Waals surface area contributed by atoms with E-state index in [1.54, 1.807) is 36.4 Å². The number of benzene rings is 3. The average Bonchev–Trinajstić information content (AvgIpc) is 3.38. The maximum absolute atomic E-state index is 16.2. The van der Waals surface area contributed by atoms with Crippen LogP contribution in [0.5, 0.6) is 5.75 Å². The van der Waals surface area contributed by atoms with Crippen molar-refractivity contribution < 1.29 is 17.5 Å². The number of ether oxygens (including phenoxy) is 1. The smallest absolute Gasteiger partial charge is 0.333 e. The number of fused-ring (bicyclic) bond motifs is 1. The number of hydrogen-bond acceptors (Lipinski definition) is 6. The molecule has 2 heterocycles. The van der Waals surface area contributed by atoms with Crippen LogP contribution >= 0.6 is 11.3 Å². The second kappa shape index (κ2) is 9.34. The summed E-state index contributed by atoms with van der Waals surface area (Å²) in [6.07, 6.45) is 2.30. The van der Waals surface area contributed by atoms with E-state index in [1.165, 1.54) is 30.7 Å². The lowest BCUT2D eigenvalue weighted by Crippen LogP contribution is -2.28. The van der Waals surface area contributed by atoms with E-state index < -0.39 is 27.1 Å². The molecule has 0 saturated carbocycles. The van der Waals surface area contributed by atoms with Gasteiger partial charge in [0.25, 0.3) is 5.56 Å². The van der Waals surface area contributed by atoms with Gasteiger partial charge in [0.2, 0.25) is 10.0 Å². The number of anilines is 1. The Bertz CT molecular complexity index is 1880. The number of thiophene rings is 1. The van der Waals surface area contributed by atoms with Crippen molar-refractivity contribution in [2.45, 2.75) is 0 Å². The van der Waals surface area contributed by atoms with Gasteiger partial charge in [-0.25, -0.2) is 17.6 Å². The number of aromatic amines is 1. The highest BCUT2D eigenvalue weighted by Gasteiger charge is 2.23. The number of sulfonamides is 1. The second-order valence-electron chi connectivity index (χ2n) is 8.31. The van der Waals surface area contributed by atoms with Gasteiger partial charge in [-0.1, -0.05) is 18.2 Å². The predicted molar refractivity (Wildman–Crippen MR) is 144 cm³/mol. The summed E-state index contributed by atoms with van der Waals surface area (Å²) in [6.45, 7) is 0. The van der Waals surface area contributed by atoms with Crippen LogP contribution in [-0.2, 0) is 10.0 Å². The van der Waals surface area contributed by atoms with Gasteiger partial charge in [-0.2, -0.15) is 11.3 Å². The minimum absolute atomic E-state index is 0.0500. The van der Waals surface area contributed by atoms with E-state index in [0.717, 1.165) is 33.2 Å². The summed E-state index contributed by atoms with van der Waals surface area (Å²) >= 11 is 1.46. The molecule has 0 saturated heterocycles. The van der Waals surface area contributed by atoms with Crippen LogP contribution in [0.25, 0.3) is 38.7 Å². The number of rotatable bonds is 6. The van der Waals surface area contributed by atoms with E-state index in [2.05, 4.69) is 9.71 Å². The summed E-state index contributed by atoms with van der Waals surface area (Å²) in [5, 5.41) is 5.24. The zero-order chi connectivity index (χ0) is 26.3. The quantitative estimate of drug-likeness (QED) is 0.329. The minimum Gasteiger partial charge on any atom is -0.495 e. The number of nitrogens with zero attached hydrogens (tertiary/aromatic N) is 1. The average molecular weight is 538 g/mol. The molecule has 0 spiro atoms. The topological polar surface area (TPSA) is 110 Å². The van der Waals surface area contributed by atoms with Gasteiger partial charge in [0.05, 0.1) is 24.6 Å². The van der Waals surface area contributed by atoms with E-state index in [9.17, 15) is 18.0 Å². The fourth-order valence-corrected chi connectivity index (χ4v) is 5.40. The molecular formula is C26H20FN3O5S2. The molecular weight excluding hydrogens is 517 g/mol. The van der Waals surface area contributed by atoms with E-state index in [4.69, 9.17) is 4.74 Å². The molecule has 188 valence electrons. The summed E-state index contributed by atoms with van der Waals surface area (Å²) in [5.41, 5.74) is 0.967. The summed E-state index contributed by atoms with van der Waals surface area (Å²) < 4.78 is 48.6. The Morgan fingerprint density at radius 3 is 2.43 bits per heavy atom. The molecule has 5 aromatic rings. The molecule has 0 fully saturated rings. The first-order chi connectivity index (χ1) is 17.6. The molecule has 0 radical (unpaired) electrons. The number of hydrogen-bond donors (Lipinski definition) is 2. The van der Waals surface area contributed by atoms with Gasteiger partial charge < -0.3 is 4.74 Å². The zero-order valence-corrected chi connectivity index (χ0v) is 21.2. The van der Waals surface area contributed by atoms with Gasteiger partial charge in [0.1, 0.15) is 5.75 Å². The third-order valence-corrected chi connectivity index (χ3v) is 7.04. The van der Waals surface area contributed by atoms with Crippen molar-refractivity contribution in [3.8, 4) is 33.7 Å².